The minimum absolute atomic E-state index is 0.0235. The summed E-state index contributed by atoms with van der Waals surface area (Å²) in [6, 6.07) is 6.38. The van der Waals surface area contributed by atoms with E-state index in [1.165, 1.54) is 11.1 Å². The van der Waals surface area contributed by atoms with Crippen LogP contribution < -0.4 is 5.32 Å². The van der Waals surface area contributed by atoms with Crippen LogP contribution in [-0.4, -0.2) is 68.7 Å². The average molecular weight is 333 g/mol. The lowest BCUT2D eigenvalue weighted by Gasteiger charge is -2.33. The van der Waals surface area contributed by atoms with Crippen LogP contribution in [0.2, 0.25) is 0 Å². The molecule has 1 N–H and O–H groups in total. The second-order valence-electron chi connectivity index (χ2n) is 7.12. The molecule has 0 aliphatic carbocycles. The predicted molar refractivity (Wildman–Crippen MR) is 97.2 cm³/mol. The second-order valence-corrected chi connectivity index (χ2v) is 7.12. The maximum Gasteiger partial charge on any atom is 0.234 e. The SMILES string of the molecule is Cc1ccc([C@H](C)NC(=O)CN2CCO[C@@H](CN(C)C)C2)cc1C. The van der Waals surface area contributed by atoms with Crippen LogP contribution in [-0.2, 0) is 9.53 Å². The number of rotatable bonds is 6. The van der Waals surface area contributed by atoms with E-state index < -0.39 is 0 Å². The van der Waals surface area contributed by atoms with Gasteiger partial charge >= 0.3 is 0 Å². The van der Waals surface area contributed by atoms with E-state index >= 15 is 0 Å². The summed E-state index contributed by atoms with van der Waals surface area (Å²) in [4.78, 5) is 16.7. The Kier molecular flexibility index (Phi) is 6.78. The normalized spacial score (nSPS) is 20.2. The van der Waals surface area contributed by atoms with Gasteiger partial charge in [0.15, 0.2) is 0 Å². The molecule has 1 aromatic carbocycles. The summed E-state index contributed by atoms with van der Waals surface area (Å²) in [5.41, 5.74) is 3.68. The number of benzene rings is 1. The van der Waals surface area contributed by atoms with E-state index in [9.17, 15) is 4.79 Å². The van der Waals surface area contributed by atoms with Gasteiger partial charge in [0.2, 0.25) is 5.91 Å². The van der Waals surface area contributed by atoms with Crippen molar-refractivity contribution in [3.05, 3.63) is 34.9 Å². The summed E-state index contributed by atoms with van der Waals surface area (Å²) in [5, 5.41) is 3.11. The number of carbonyl (C=O) groups excluding carboxylic acids is 1. The molecule has 2 atom stereocenters. The summed E-state index contributed by atoms with van der Waals surface area (Å²) < 4.78 is 5.76. The summed E-state index contributed by atoms with van der Waals surface area (Å²) in [5.74, 6) is 0.0752. The number of likely N-dealkylation sites (N-methyl/N-ethyl adjacent to an activating group) is 1. The molecule has 0 spiro atoms. The third-order valence-corrected chi connectivity index (χ3v) is 4.57. The Balaban J connectivity index is 1.84. The van der Waals surface area contributed by atoms with Crippen LogP contribution in [0, 0.1) is 13.8 Å². The second kappa shape index (κ2) is 8.60. The lowest BCUT2D eigenvalue weighted by atomic mass is 10.0. The molecule has 1 aromatic rings. The zero-order chi connectivity index (χ0) is 17.7. The first-order valence-corrected chi connectivity index (χ1v) is 8.70. The summed E-state index contributed by atoms with van der Waals surface area (Å²) in [6.07, 6.45) is 0.179. The maximum absolute atomic E-state index is 12.4. The zero-order valence-corrected chi connectivity index (χ0v) is 15.6. The lowest BCUT2D eigenvalue weighted by molar-refractivity contribution is -0.125. The van der Waals surface area contributed by atoms with Crippen molar-refractivity contribution in [2.45, 2.75) is 32.9 Å². The molecule has 1 saturated heterocycles. The third-order valence-electron chi connectivity index (χ3n) is 4.57. The molecule has 0 saturated carbocycles. The highest BCUT2D eigenvalue weighted by molar-refractivity contribution is 5.78. The molecule has 5 nitrogen and oxygen atoms in total. The topological polar surface area (TPSA) is 44.8 Å². The maximum atomic E-state index is 12.4. The number of aryl methyl sites for hydroxylation is 2. The Morgan fingerprint density at radius 1 is 1.38 bits per heavy atom. The van der Waals surface area contributed by atoms with E-state index in [1.54, 1.807) is 0 Å². The first-order valence-electron chi connectivity index (χ1n) is 8.70. The number of nitrogens with zero attached hydrogens (tertiary/aromatic N) is 2. The van der Waals surface area contributed by atoms with Gasteiger partial charge in [-0.15, -0.1) is 0 Å². The molecular weight excluding hydrogens is 302 g/mol. The smallest absolute Gasteiger partial charge is 0.234 e. The molecule has 2 rings (SSSR count). The Morgan fingerprint density at radius 2 is 2.12 bits per heavy atom. The van der Waals surface area contributed by atoms with E-state index in [0.717, 1.165) is 25.2 Å². The van der Waals surface area contributed by atoms with Gasteiger partial charge < -0.3 is 15.0 Å². The van der Waals surface area contributed by atoms with Crippen LogP contribution in [0.5, 0.6) is 0 Å². The number of hydrogen-bond donors (Lipinski definition) is 1. The average Bonchev–Trinajstić information content (AvgIpc) is 2.49. The molecule has 0 bridgehead atoms. The molecule has 0 radical (unpaired) electrons. The molecule has 0 aromatic heterocycles. The highest BCUT2D eigenvalue weighted by atomic mass is 16.5. The fraction of sp³-hybridized carbons (Fsp3) is 0.632. The molecule has 24 heavy (non-hydrogen) atoms. The molecule has 1 aliphatic heterocycles. The minimum Gasteiger partial charge on any atom is -0.374 e. The van der Waals surface area contributed by atoms with Gasteiger partial charge in [0, 0.05) is 19.6 Å². The molecule has 1 amide bonds. The number of ether oxygens (including phenoxy) is 1. The van der Waals surface area contributed by atoms with Crippen LogP contribution in [0.15, 0.2) is 18.2 Å². The molecule has 134 valence electrons. The van der Waals surface area contributed by atoms with Crippen molar-refractivity contribution in [3.8, 4) is 0 Å². The van der Waals surface area contributed by atoms with Crippen molar-refractivity contribution in [2.24, 2.45) is 0 Å². The predicted octanol–water partition coefficient (Wildman–Crippen LogP) is 1.74. The molecule has 0 unspecified atom stereocenters. The van der Waals surface area contributed by atoms with Gasteiger partial charge in [0.25, 0.3) is 0 Å². The lowest BCUT2D eigenvalue weighted by Crippen LogP contribution is -2.49. The molecule has 1 heterocycles. The zero-order valence-electron chi connectivity index (χ0n) is 15.6. The van der Waals surface area contributed by atoms with Gasteiger partial charge in [-0.05, 0) is 51.6 Å². The Hall–Kier alpha value is -1.43. The van der Waals surface area contributed by atoms with Gasteiger partial charge in [-0.25, -0.2) is 0 Å². The van der Waals surface area contributed by atoms with Crippen LogP contribution in [0.4, 0.5) is 0 Å². The standard InChI is InChI=1S/C19H31N3O2/c1-14-6-7-17(10-15(14)2)16(3)20-19(23)13-22-8-9-24-18(12-22)11-21(4)5/h6-7,10,16,18H,8-9,11-13H2,1-5H3,(H,20,23)/t16-,18-/m0/s1. The Bertz CT molecular complexity index is 560. The van der Waals surface area contributed by atoms with Crippen molar-refractivity contribution in [3.63, 3.8) is 0 Å². The fourth-order valence-electron chi connectivity index (χ4n) is 3.05. The van der Waals surface area contributed by atoms with Crippen LogP contribution >= 0.6 is 0 Å². The monoisotopic (exact) mass is 333 g/mol. The van der Waals surface area contributed by atoms with Crippen LogP contribution in [0.1, 0.15) is 29.7 Å². The van der Waals surface area contributed by atoms with Gasteiger partial charge in [-0.1, -0.05) is 18.2 Å². The van der Waals surface area contributed by atoms with Crippen molar-refractivity contribution >= 4 is 5.91 Å². The summed E-state index contributed by atoms with van der Waals surface area (Å²) in [7, 11) is 4.08. The first-order chi connectivity index (χ1) is 11.3. The minimum atomic E-state index is 0.0235. The van der Waals surface area contributed by atoms with Crippen molar-refractivity contribution in [2.75, 3.05) is 46.9 Å². The van der Waals surface area contributed by atoms with E-state index in [4.69, 9.17) is 4.74 Å². The van der Waals surface area contributed by atoms with E-state index in [2.05, 4.69) is 47.2 Å². The first kappa shape index (κ1) is 18.9. The van der Waals surface area contributed by atoms with E-state index in [1.807, 2.05) is 21.0 Å². The number of nitrogens with one attached hydrogen (secondary N) is 1. The van der Waals surface area contributed by atoms with Gasteiger partial charge in [0.1, 0.15) is 0 Å². The molecule has 1 aliphatic rings. The van der Waals surface area contributed by atoms with Crippen molar-refractivity contribution in [1.29, 1.82) is 0 Å². The van der Waals surface area contributed by atoms with E-state index in [0.29, 0.717) is 13.2 Å². The summed E-state index contributed by atoms with van der Waals surface area (Å²) >= 11 is 0. The van der Waals surface area contributed by atoms with Crippen LogP contribution in [0.25, 0.3) is 0 Å². The molecular formula is C19H31N3O2. The van der Waals surface area contributed by atoms with Crippen LogP contribution in [0.3, 0.4) is 0 Å². The number of amides is 1. The van der Waals surface area contributed by atoms with E-state index in [-0.39, 0.29) is 18.1 Å². The fourth-order valence-corrected chi connectivity index (χ4v) is 3.05. The third kappa shape index (κ3) is 5.58. The highest BCUT2D eigenvalue weighted by Gasteiger charge is 2.23. The number of carbonyl (C=O) groups is 1. The number of morpholine rings is 1. The van der Waals surface area contributed by atoms with Gasteiger partial charge in [-0.3, -0.25) is 9.69 Å². The highest BCUT2D eigenvalue weighted by Crippen LogP contribution is 2.16. The van der Waals surface area contributed by atoms with Gasteiger partial charge in [-0.2, -0.15) is 0 Å². The quantitative estimate of drug-likeness (QED) is 0.861. The van der Waals surface area contributed by atoms with Crippen molar-refractivity contribution in [1.82, 2.24) is 15.1 Å². The molecule has 5 heteroatoms. The number of hydrogen-bond acceptors (Lipinski definition) is 4. The molecule has 1 fully saturated rings. The Morgan fingerprint density at radius 3 is 2.79 bits per heavy atom. The van der Waals surface area contributed by atoms with Gasteiger partial charge in [0.05, 0.1) is 25.3 Å². The largest absolute Gasteiger partial charge is 0.374 e. The van der Waals surface area contributed by atoms with Crippen molar-refractivity contribution < 1.29 is 9.53 Å². The Labute approximate surface area is 146 Å². The summed E-state index contributed by atoms with van der Waals surface area (Å²) in [6.45, 7) is 9.88.